The zero-order valence-electron chi connectivity index (χ0n) is 18.5. The Morgan fingerprint density at radius 3 is 2.67 bits per heavy atom. The molecule has 0 radical (unpaired) electrons. The summed E-state index contributed by atoms with van der Waals surface area (Å²) in [4.78, 5) is 31.9. The van der Waals surface area contributed by atoms with Crippen molar-refractivity contribution in [3.8, 4) is 0 Å². The van der Waals surface area contributed by atoms with E-state index in [0.717, 1.165) is 50.1 Å². The summed E-state index contributed by atoms with van der Waals surface area (Å²) in [6, 6.07) is 6.46. The van der Waals surface area contributed by atoms with Crippen molar-refractivity contribution in [3.05, 3.63) is 23.8 Å². The molecule has 2 aliphatic heterocycles. The molecule has 6 nitrogen and oxygen atoms in total. The van der Waals surface area contributed by atoms with Gasteiger partial charge in [-0.15, -0.1) is 0 Å². The highest BCUT2D eigenvalue weighted by Crippen LogP contribution is 2.39. The fraction of sp³-hybridized carbons (Fsp3) is 0.667. The van der Waals surface area contributed by atoms with Crippen molar-refractivity contribution in [3.63, 3.8) is 0 Å². The maximum Gasteiger partial charge on any atom is 0.251 e. The van der Waals surface area contributed by atoms with Crippen LogP contribution in [0, 0.1) is 0 Å². The number of nitrogens with zero attached hydrogens (tertiary/aromatic N) is 3. The van der Waals surface area contributed by atoms with Crippen molar-refractivity contribution in [2.75, 3.05) is 43.5 Å². The summed E-state index contributed by atoms with van der Waals surface area (Å²) in [6.45, 7) is 2.61. The molecule has 1 N–H and O–H groups in total. The normalized spacial score (nSPS) is 22.1. The van der Waals surface area contributed by atoms with Gasteiger partial charge in [0.05, 0.1) is 11.4 Å². The predicted molar refractivity (Wildman–Crippen MR) is 121 cm³/mol. The highest BCUT2D eigenvalue weighted by molar-refractivity contribution is 6.07. The van der Waals surface area contributed by atoms with Crippen molar-refractivity contribution in [2.45, 2.75) is 69.9 Å². The second-order valence-electron chi connectivity index (χ2n) is 9.19. The average Bonchev–Trinajstić information content (AvgIpc) is 2.80. The van der Waals surface area contributed by atoms with E-state index >= 15 is 0 Å². The molecule has 1 aliphatic carbocycles. The summed E-state index contributed by atoms with van der Waals surface area (Å²) >= 11 is 0. The number of likely N-dealkylation sites (N-methyl/N-ethyl adjacent to an activating group) is 1. The summed E-state index contributed by atoms with van der Waals surface area (Å²) in [7, 11) is 4.04. The number of hydrogen-bond donors (Lipinski definition) is 1. The monoisotopic (exact) mass is 412 g/mol. The first-order valence-electron chi connectivity index (χ1n) is 11.7. The molecule has 0 aromatic heterocycles. The first-order valence-corrected chi connectivity index (χ1v) is 11.7. The number of piperidine rings is 1. The van der Waals surface area contributed by atoms with E-state index < -0.39 is 0 Å². The van der Waals surface area contributed by atoms with Gasteiger partial charge < -0.3 is 20.0 Å². The summed E-state index contributed by atoms with van der Waals surface area (Å²) in [6.07, 6.45) is 10.8. The molecule has 3 aliphatic rings. The molecule has 0 bridgehead atoms. The largest absolute Gasteiger partial charge is 0.358 e. The molecule has 1 saturated heterocycles. The molecule has 4 rings (SSSR count). The molecule has 2 fully saturated rings. The second-order valence-corrected chi connectivity index (χ2v) is 9.19. The first-order chi connectivity index (χ1) is 14.6. The van der Waals surface area contributed by atoms with Crippen molar-refractivity contribution in [2.24, 2.45) is 0 Å². The van der Waals surface area contributed by atoms with Crippen LogP contribution in [0.3, 0.4) is 0 Å². The Balaban J connectivity index is 1.33. The SMILES string of the molecule is CN1C(=O)[C@@H]2CCCCN2c2ccc(C(=O)NCCCN(C)C3CCCCC3)cc21. The molecule has 1 saturated carbocycles. The van der Waals surface area contributed by atoms with Crippen molar-refractivity contribution in [1.29, 1.82) is 0 Å². The standard InChI is InChI=1S/C24H36N4O2/c1-26(19-9-4-3-5-10-19)15-8-14-25-23(29)18-12-13-20-22(17-18)27(2)24(30)21-11-6-7-16-28(20)21/h12-13,17,19,21H,3-11,14-16H2,1-2H3,(H,25,29)/t21-/m0/s1. The van der Waals surface area contributed by atoms with Crippen LogP contribution >= 0.6 is 0 Å². The van der Waals surface area contributed by atoms with E-state index in [1.165, 1.54) is 32.1 Å². The van der Waals surface area contributed by atoms with Crippen LogP contribution in [-0.2, 0) is 4.79 Å². The van der Waals surface area contributed by atoms with Gasteiger partial charge in [-0.05, 0) is 70.3 Å². The Morgan fingerprint density at radius 2 is 1.87 bits per heavy atom. The number of carbonyl (C=O) groups is 2. The number of carbonyl (C=O) groups excluding carboxylic acids is 2. The van der Waals surface area contributed by atoms with Crippen molar-refractivity contribution in [1.82, 2.24) is 10.2 Å². The minimum atomic E-state index is -0.0558. The van der Waals surface area contributed by atoms with Crippen LogP contribution in [0.4, 0.5) is 11.4 Å². The predicted octanol–water partition coefficient (Wildman–Crippen LogP) is 3.41. The van der Waals surface area contributed by atoms with Gasteiger partial charge in [0.2, 0.25) is 5.91 Å². The van der Waals surface area contributed by atoms with Crippen LogP contribution in [0.1, 0.15) is 68.1 Å². The lowest BCUT2D eigenvalue weighted by Crippen LogP contribution is -2.54. The smallest absolute Gasteiger partial charge is 0.251 e. The summed E-state index contributed by atoms with van der Waals surface area (Å²) in [5.74, 6) is 0.0882. The van der Waals surface area contributed by atoms with Crippen LogP contribution in [-0.4, -0.2) is 62.5 Å². The Kier molecular flexibility index (Phi) is 6.61. The van der Waals surface area contributed by atoms with E-state index in [-0.39, 0.29) is 17.9 Å². The van der Waals surface area contributed by atoms with Gasteiger partial charge in [-0.3, -0.25) is 9.59 Å². The Morgan fingerprint density at radius 1 is 1.10 bits per heavy atom. The van der Waals surface area contributed by atoms with Gasteiger partial charge in [0, 0.05) is 31.7 Å². The fourth-order valence-electron chi connectivity index (χ4n) is 5.33. The molecule has 164 valence electrons. The van der Waals surface area contributed by atoms with Gasteiger partial charge in [0.15, 0.2) is 0 Å². The molecule has 2 amide bonds. The number of fused-ring (bicyclic) bond motifs is 3. The minimum Gasteiger partial charge on any atom is -0.358 e. The molecular formula is C24H36N4O2. The molecule has 30 heavy (non-hydrogen) atoms. The number of hydrogen-bond acceptors (Lipinski definition) is 4. The molecule has 0 unspecified atom stereocenters. The zero-order chi connectivity index (χ0) is 21.1. The quantitative estimate of drug-likeness (QED) is 0.728. The lowest BCUT2D eigenvalue weighted by atomic mass is 9.94. The van der Waals surface area contributed by atoms with Gasteiger partial charge >= 0.3 is 0 Å². The molecule has 1 aromatic rings. The lowest BCUT2D eigenvalue weighted by Gasteiger charge is -2.44. The van der Waals surface area contributed by atoms with Crippen LogP contribution in [0.5, 0.6) is 0 Å². The van der Waals surface area contributed by atoms with Crippen molar-refractivity contribution < 1.29 is 9.59 Å². The zero-order valence-corrected chi connectivity index (χ0v) is 18.5. The van der Waals surface area contributed by atoms with E-state index in [4.69, 9.17) is 0 Å². The number of nitrogens with one attached hydrogen (secondary N) is 1. The topological polar surface area (TPSA) is 55.9 Å². The molecule has 0 spiro atoms. The highest BCUT2D eigenvalue weighted by atomic mass is 16.2. The summed E-state index contributed by atoms with van der Waals surface area (Å²) in [5, 5.41) is 3.06. The minimum absolute atomic E-state index is 0.0444. The third kappa shape index (κ3) is 4.34. The number of anilines is 2. The van der Waals surface area contributed by atoms with Crippen LogP contribution in [0.15, 0.2) is 18.2 Å². The van der Waals surface area contributed by atoms with E-state index in [1.807, 2.05) is 25.2 Å². The number of rotatable bonds is 6. The molecule has 1 atom stereocenters. The number of benzene rings is 1. The van der Waals surface area contributed by atoms with Crippen LogP contribution < -0.4 is 15.1 Å². The van der Waals surface area contributed by atoms with E-state index in [2.05, 4.69) is 22.2 Å². The van der Waals surface area contributed by atoms with Crippen LogP contribution in [0.2, 0.25) is 0 Å². The Bertz CT molecular complexity index is 774. The van der Waals surface area contributed by atoms with Gasteiger partial charge in [0.25, 0.3) is 5.91 Å². The lowest BCUT2D eigenvalue weighted by molar-refractivity contribution is -0.120. The molecule has 2 heterocycles. The van der Waals surface area contributed by atoms with E-state index in [9.17, 15) is 9.59 Å². The fourth-order valence-corrected chi connectivity index (χ4v) is 5.33. The number of amides is 2. The van der Waals surface area contributed by atoms with Crippen molar-refractivity contribution >= 4 is 23.2 Å². The maximum absolute atomic E-state index is 12.8. The van der Waals surface area contributed by atoms with Crippen LogP contribution in [0.25, 0.3) is 0 Å². The van der Waals surface area contributed by atoms with Gasteiger partial charge in [-0.2, -0.15) is 0 Å². The second kappa shape index (κ2) is 9.38. The highest BCUT2D eigenvalue weighted by Gasteiger charge is 2.38. The van der Waals surface area contributed by atoms with Gasteiger partial charge in [0.1, 0.15) is 6.04 Å². The van der Waals surface area contributed by atoms with Gasteiger partial charge in [-0.1, -0.05) is 19.3 Å². The molecule has 6 heteroatoms. The Hall–Kier alpha value is -2.08. The third-order valence-corrected chi connectivity index (χ3v) is 7.20. The summed E-state index contributed by atoms with van der Waals surface area (Å²) < 4.78 is 0. The van der Waals surface area contributed by atoms with E-state index in [1.54, 1.807) is 4.90 Å². The Labute approximate surface area is 180 Å². The maximum atomic E-state index is 12.8. The first kappa shape index (κ1) is 21.2. The third-order valence-electron chi connectivity index (χ3n) is 7.20. The summed E-state index contributed by atoms with van der Waals surface area (Å²) in [5.41, 5.74) is 2.56. The molecular weight excluding hydrogens is 376 g/mol. The molecule has 1 aromatic carbocycles. The van der Waals surface area contributed by atoms with E-state index in [0.29, 0.717) is 18.2 Å². The average molecular weight is 413 g/mol. The van der Waals surface area contributed by atoms with Gasteiger partial charge in [-0.25, -0.2) is 0 Å².